The number of hydrogen-bond donors (Lipinski definition) is 1. The second-order valence-electron chi connectivity index (χ2n) is 4.04. The van der Waals surface area contributed by atoms with Gasteiger partial charge in [-0.3, -0.25) is 5.32 Å². The summed E-state index contributed by atoms with van der Waals surface area (Å²) in [6, 6.07) is 5.42. The number of hydrogen-bond acceptors (Lipinski definition) is 4. The lowest BCUT2D eigenvalue weighted by molar-refractivity contribution is 0.171. The van der Waals surface area contributed by atoms with Gasteiger partial charge in [-0.25, -0.2) is 0 Å². The lowest BCUT2D eigenvalue weighted by Crippen LogP contribution is -2.21. The Kier molecular flexibility index (Phi) is 4.29. The molecule has 1 atom stereocenters. The molecule has 1 heterocycles. The number of nitrogens with zero attached hydrogens (tertiary/aromatic N) is 1. The Hall–Kier alpha value is -1.44. The molecule has 1 unspecified atom stereocenters. The molecule has 5 heteroatoms. The summed E-state index contributed by atoms with van der Waals surface area (Å²) >= 11 is 6.14. The summed E-state index contributed by atoms with van der Waals surface area (Å²) in [4.78, 5) is 0. The zero-order valence-electron chi connectivity index (χ0n) is 10.2. The van der Waals surface area contributed by atoms with Gasteiger partial charge in [0.1, 0.15) is 19.3 Å². The zero-order valence-corrected chi connectivity index (χ0v) is 11.0. The highest BCUT2D eigenvalue weighted by atomic mass is 35.5. The number of nitrogens with one attached hydrogen (secondary N) is 1. The molecule has 0 aromatic heterocycles. The molecule has 1 aliphatic heterocycles. The first kappa shape index (κ1) is 13.0. The molecule has 1 aromatic carbocycles. The molecule has 0 saturated carbocycles. The molecule has 96 valence electrons. The maximum Gasteiger partial charge on any atom is 0.179 e. The first-order chi connectivity index (χ1) is 8.76. The van der Waals surface area contributed by atoms with Gasteiger partial charge in [-0.1, -0.05) is 18.5 Å². The highest BCUT2D eigenvalue weighted by Gasteiger charge is 2.19. The minimum Gasteiger partial charge on any atom is -0.486 e. The quantitative estimate of drug-likeness (QED) is 0.910. The normalized spacial score (nSPS) is 14.9. The molecule has 0 fully saturated rings. The Morgan fingerprint density at radius 1 is 1.44 bits per heavy atom. The first-order valence-electron chi connectivity index (χ1n) is 5.98. The molecule has 18 heavy (non-hydrogen) atoms. The summed E-state index contributed by atoms with van der Waals surface area (Å²) in [5, 5.41) is 12.8. The summed E-state index contributed by atoms with van der Waals surface area (Å²) in [6.45, 7) is 3.84. The van der Waals surface area contributed by atoms with E-state index in [1.165, 1.54) is 0 Å². The molecular weight excluding hydrogens is 252 g/mol. The molecule has 0 aliphatic carbocycles. The van der Waals surface area contributed by atoms with Crippen LogP contribution in [0.15, 0.2) is 12.1 Å². The smallest absolute Gasteiger partial charge is 0.179 e. The standard InChI is InChI=1S/C13H15ClN2O2/c1-2-3-16-11(8-15)9-6-10(14)13-12(7-9)17-4-5-18-13/h6-7,11,16H,2-5H2,1H3. The van der Waals surface area contributed by atoms with Crippen molar-refractivity contribution in [2.75, 3.05) is 19.8 Å². The van der Waals surface area contributed by atoms with Gasteiger partial charge in [0.25, 0.3) is 0 Å². The van der Waals surface area contributed by atoms with Gasteiger partial charge in [0.15, 0.2) is 11.5 Å². The van der Waals surface area contributed by atoms with Gasteiger partial charge < -0.3 is 9.47 Å². The third kappa shape index (κ3) is 2.69. The molecule has 0 saturated heterocycles. The molecule has 0 amide bonds. The average molecular weight is 267 g/mol. The molecule has 1 aromatic rings. The van der Waals surface area contributed by atoms with E-state index in [4.69, 9.17) is 21.1 Å². The van der Waals surface area contributed by atoms with Crippen LogP contribution in [0.3, 0.4) is 0 Å². The molecule has 2 rings (SSSR count). The summed E-state index contributed by atoms with van der Waals surface area (Å²) in [6.07, 6.45) is 0.969. The largest absolute Gasteiger partial charge is 0.486 e. The Labute approximate surface area is 111 Å². The lowest BCUT2D eigenvalue weighted by Gasteiger charge is -2.21. The molecule has 0 bridgehead atoms. The van der Waals surface area contributed by atoms with Gasteiger partial charge in [0, 0.05) is 0 Å². The van der Waals surface area contributed by atoms with Gasteiger partial charge in [0.05, 0.1) is 11.1 Å². The van der Waals surface area contributed by atoms with Crippen LogP contribution in [-0.4, -0.2) is 19.8 Å². The van der Waals surface area contributed by atoms with E-state index in [0.29, 0.717) is 29.7 Å². The summed E-state index contributed by atoms with van der Waals surface area (Å²) in [5.74, 6) is 1.18. The number of fused-ring (bicyclic) bond motifs is 1. The first-order valence-corrected chi connectivity index (χ1v) is 6.36. The fraction of sp³-hybridized carbons (Fsp3) is 0.462. The number of rotatable bonds is 4. The SMILES string of the molecule is CCCNC(C#N)c1cc(Cl)c2c(c1)OCCO2. The van der Waals surface area contributed by atoms with E-state index >= 15 is 0 Å². The van der Waals surface area contributed by atoms with Crippen LogP contribution in [0.4, 0.5) is 0 Å². The molecule has 0 radical (unpaired) electrons. The molecule has 4 nitrogen and oxygen atoms in total. The summed E-state index contributed by atoms with van der Waals surface area (Å²) in [5.41, 5.74) is 0.806. The van der Waals surface area contributed by atoms with Crippen molar-refractivity contribution < 1.29 is 9.47 Å². The van der Waals surface area contributed by atoms with E-state index in [1.54, 1.807) is 6.07 Å². The van der Waals surface area contributed by atoms with E-state index in [2.05, 4.69) is 18.3 Å². The second kappa shape index (κ2) is 5.94. The van der Waals surface area contributed by atoms with Crippen molar-refractivity contribution in [3.05, 3.63) is 22.7 Å². The third-order valence-electron chi connectivity index (χ3n) is 2.68. The maximum atomic E-state index is 9.17. The van der Waals surface area contributed by atoms with E-state index < -0.39 is 0 Å². The highest BCUT2D eigenvalue weighted by molar-refractivity contribution is 6.32. The third-order valence-corrected chi connectivity index (χ3v) is 2.96. The van der Waals surface area contributed by atoms with E-state index in [1.807, 2.05) is 6.07 Å². The number of nitriles is 1. The fourth-order valence-corrected chi connectivity index (χ4v) is 2.10. The Bertz CT molecular complexity index is 471. The molecule has 1 N–H and O–H groups in total. The molecular formula is C13H15ClN2O2. The lowest BCUT2D eigenvalue weighted by atomic mass is 10.1. The van der Waals surface area contributed by atoms with Gasteiger partial charge in [0.2, 0.25) is 0 Å². The summed E-state index contributed by atoms with van der Waals surface area (Å²) < 4.78 is 10.9. The van der Waals surface area contributed by atoms with Crippen LogP contribution in [0, 0.1) is 11.3 Å². The zero-order chi connectivity index (χ0) is 13.0. The molecule has 1 aliphatic rings. The van der Waals surface area contributed by atoms with Crippen LogP contribution in [0.5, 0.6) is 11.5 Å². The van der Waals surface area contributed by atoms with Crippen LogP contribution in [0.25, 0.3) is 0 Å². The van der Waals surface area contributed by atoms with Crippen molar-refractivity contribution in [2.45, 2.75) is 19.4 Å². The van der Waals surface area contributed by atoms with E-state index in [9.17, 15) is 5.26 Å². The van der Waals surface area contributed by atoms with Gasteiger partial charge in [-0.15, -0.1) is 0 Å². The highest BCUT2D eigenvalue weighted by Crippen LogP contribution is 2.39. The maximum absolute atomic E-state index is 9.17. The monoisotopic (exact) mass is 266 g/mol. The van der Waals surface area contributed by atoms with Crippen molar-refractivity contribution in [3.63, 3.8) is 0 Å². The van der Waals surface area contributed by atoms with E-state index in [-0.39, 0.29) is 6.04 Å². The van der Waals surface area contributed by atoms with Crippen LogP contribution >= 0.6 is 11.6 Å². The Balaban J connectivity index is 2.28. The predicted molar refractivity (Wildman–Crippen MR) is 69.1 cm³/mol. The average Bonchev–Trinajstić information content (AvgIpc) is 2.40. The number of benzene rings is 1. The van der Waals surface area contributed by atoms with Crippen molar-refractivity contribution >= 4 is 11.6 Å². The van der Waals surface area contributed by atoms with Crippen LogP contribution < -0.4 is 14.8 Å². The van der Waals surface area contributed by atoms with Crippen molar-refractivity contribution in [1.82, 2.24) is 5.32 Å². The second-order valence-corrected chi connectivity index (χ2v) is 4.45. The van der Waals surface area contributed by atoms with E-state index in [0.717, 1.165) is 18.5 Å². The predicted octanol–water partition coefficient (Wildman–Crippen LogP) is 2.68. The van der Waals surface area contributed by atoms with Crippen molar-refractivity contribution in [1.29, 1.82) is 5.26 Å². The van der Waals surface area contributed by atoms with Crippen LogP contribution in [-0.2, 0) is 0 Å². The topological polar surface area (TPSA) is 54.3 Å². The van der Waals surface area contributed by atoms with Crippen molar-refractivity contribution in [2.24, 2.45) is 0 Å². The minimum absolute atomic E-state index is 0.377. The van der Waals surface area contributed by atoms with Gasteiger partial charge >= 0.3 is 0 Å². The van der Waals surface area contributed by atoms with Crippen LogP contribution in [0.1, 0.15) is 24.9 Å². The minimum atomic E-state index is -0.377. The Morgan fingerprint density at radius 3 is 2.94 bits per heavy atom. The number of ether oxygens (including phenoxy) is 2. The molecule has 0 spiro atoms. The number of halogens is 1. The van der Waals surface area contributed by atoms with Gasteiger partial charge in [-0.05, 0) is 30.7 Å². The van der Waals surface area contributed by atoms with Crippen LogP contribution in [0.2, 0.25) is 5.02 Å². The fourth-order valence-electron chi connectivity index (χ4n) is 1.82. The van der Waals surface area contributed by atoms with Gasteiger partial charge in [-0.2, -0.15) is 5.26 Å². The van der Waals surface area contributed by atoms with Crippen molar-refractivity contribution in [3.8, 4) is 17.6 Å². The summed E-state index contributed by atoms with van der Waals surface area (Å²) in [7, 11) is 0. The Morgan fingerprint density at radius 2 is 2.22 bits per heavy atom.